The first-order valence-corrected chi connectivity index (χ1v) is 11.9. The average Bonchev–Trinajstić information content (AvgIpc) is 3.51. The number of carbonyl (C=O) groups excluding carboxylic acids is 1. The lowest BCUT2D eigenvalue weighted by molar-refractivity contribution is -0.116. The van der Waals surface area contributed by atoms with Crippen LogP contribution in [0.2, 0.25) is 0 Å². The van der Waals surface area contributed by atoms with Gasteiger partial charge in [-0.15, -0.1) is 0 Å². The molecule has 1 amide bonds. The second kappa shape index (κ2) is 10.8. The summed E-state index contributed by atoms with van der Waals surface area (Å²) in [6, 6.07) is 14.0. The summed E-state index contributed by atoms with van der Waals surface area (Å²) in [7, 11) is 0. The van der Waals surface area contributed by atoms with Gasteiger partial charge in [-0.25, -0.2) is 4.39 Å². The maximum atomic E-state index is 13.1. The lowest BCUT2D eigenvalue weighted by Gasteiger charge is -2.26. The number of fused-ring (bicyclic) bond motifs is 1. The van der Waals surface area contributed by atoms with E-state index in [2.05, 4.69) is 43.3 Å². The molecule has 8 nitrogen and oxygen atoms in total. The van der Waals surface area contributed by atoms with Crippen molar-refractivity contribution in [2.75, 3.05) is 38.2 Å². The number of morpholine rings is 1. The standard InChI is InChI=1S/C26H28FN5O3/c27-21-6-4-19(5-7-21)26-29-25(35-30-26)3-1-2-24(33)28-22-8-9-23-20(18-22)10-11-32(23)13-12-31-14-16-34-17-15-31/h4-11,18H,1-3,12-17H2,(H,28,33). The van der Waals surface area contributed by atoms with Gasteiger partial charge in [-0.05, 0) is 55.0 Å². The summed E-state index contributed by atoms with van der Waals surface area (Å²) in [6.45, 7) is 5.50. The van der Waals surface area contributed by atoms with Crippen molar-refractivity contribution in [1.29, 1.82) is 0 Å². The van der Waals surface area contributed by atoms with Crippen LogP contribution in [0.4, 0.5) is 10.1 Å². The third-order valence-corrected chi connectivity index (χ3v) is 6.18. The van der Waals surface area contributed by atoms with Gasteiger partial charge in [0.1, 0.15) is 5.82 Å². The van der Waals surface area contributed by atoms with Crippen molar-refractivity contribution in [2.24, 2.45) is 0 Å². The van der Waals surface area contributed by atoms with E-state index in [0.29, 0.717) is 36.5 Å². The molecule has 0 atom stereocenters. The highest BCUT2D eigenvalue weighted by Gasteiger charge is 2.12. The Morgan fingerprint density at radius 3 is 2.71 bits per heavy atom. The van der Waals surface area contributed by atoms with Crippen LogP contribution in [0.25, 0.3) is 22.3 Å². The smallest absolute Gasteiger partial charge is 0.226 e. The van der Waals surface area contributed by atoms with E-state index >= 15 is 0 Å². The lowest BCUT2D eigenvalue weighted by atomic mass is 10.2. The number of nitrogens with zero attached hydrogens (tertiary/aromatic N) is 4. The SMILES string of the molecule is O=C(CCCc1nc(-c2ccc(F)cc2)no1)Nc1ccc2c(ccn2CCN2CCOCC2)c1. The molecule has 3 heterocycles. The van der Waals surface area contributed by atoms with Gasteiger partial charge in [0.25, 0.3) is 0 Å². The van der Waals surface area contributed by atoms with Crippen LogP contribution in [0.5, 0.6) is 0 Å². The Kier molecular flexibility index (Phi) is 7.15. The Morgan fingerprint density at radius 1 is 1.06 bits per heavy atom. The summed E-state index contributed by atoms with van der Waals surface area (Å²) in [5, 5.41) is 8.01. The van der Waals surface area contributed by atoms with Crippen molar-refractivity contribution in [1.82, 2.24) is 19.6 Å². The van der Waals surface area contributed by atoms with Crippen LogP contribution in [0.1, 0.15) is 18.7 Å². The van der Waals surface area contributed by atoms with Gasteiger partial charge in [-0.2, -0.15) is 4.98 Å². The topological polar surface area (TPSA) is 85.4 Å². The fraction of sp³-hybridized carbons (Fsp3) is 0.346. The Hall–Kier alpha value is -3.56. The van der Waals surface area contributed by atoms with Gasteiger partial charge < -0.3 is 19.1 Å². The molecule has 35 heavy (non-hydrogen) atoms. The maximum absolute atomic E-state index is 13.1. The Bertz CT molecular complexity index is 1280. The van der Waals surface area contributed by atoms with Gasteiger partial charge in [0.15, 0.2) is 0 Å². The number of aromatic nitrogens is 3. The minimum atomic E-state index is -0.316. The molecule has 1 aliphatic rings. The highest BCUT2D eigenvalue weighted by Crippen LogP contribution is 2.21. The molecule has 1 aliphatic heterocycles. The number of amides is 1. The average molecular weight is 478 g/mol. The zero-order valence-electron chi connectivity index (χ0n) is 19.5. The van der Waals surface area contributed by atoms with E-state index in [-0.39, 0.29) is 11.7 Å². The molecule has 1 saturated heterocycles. The fourth-order valence-corrected chi connectivity index (χ4v) is 4.24. The molecule has 1 fully saturated rings. The molecule has 0 radical (unpaired) electrons. The van der Waals surface area contributed by atoms with Crippen molar-refractivity contribution in [3.05, 3.63) is 66.4 Å². The van der Waals surface area contributed by atoms with E-state index in [1.54, 1.807) is 12.1 Å². The van der Waals surface area contributed by atoms with Gasteiger partial charge >= 0.3 is 0 Å². The van der Waals surface area contributed by atoms with Crippen molar-refractivity contribution in [3.8, 4) is 11.4 Å². The molecule has 2 aromatic heterocycles. The minimum absolute atomic E-state index is 0.0608. The molecule has 0 bridgehead atoms. The van der Waals surface area contributed by atoms with Crippen molar-refractivity contribution < 1.29 is 18.4 Å². The quantitative estimate of drug-likeness (QED) is 0.390. The van der Waals surface area contributed by atoms with Crippen LogP contribution in [-0.2, 0) is 22.5 Å². The van der Waals surface area contributed by atoms with Gasteiger partial charge in [0.2, 0.25) is 17.6 Å². The lowest BCUT2D eigenvalue weighted by Crippen LogP contribution is -2.38. The first-order valence-electron chi connectivity index (χ1n) is 11.9. The molecular weight excluding hydrogens is 449 g/mol. The Labute approximate surface area is 202 Å². The number of carbonyl (C=O) groups is 1. The zero-order chi connectivity index (χ0) is 24.0. The fourth-order valence-electron chi connectivity index (χ4n) is 4.24. The molecule has 0 unspecified atom stereocenters. The van der Waals surface area contributed by atoms with E-state index in [1.165, 1.54) is 12.1 Å². The number of hydrogen-bond acceptors (Lipinski definition) is 6. The summed E-state index contributed by atoms with van der Waals surface area (Å²) in [5.41, 5.74) is 2.62. The second-order valence-corrected chi connectivity index (χ2v) is 8.66. The van der Waals surface area contributed by atoms with Gasteiger partial charge in [-0.1, -0.05) is 5.16 Å². The number of anilines is 1. The third kappa shape index (κ3) is 5.93. The van der Waals surface area contributed by atoms with E-state index in [1.807, 2.05) is 12.1 Å². The van der Waals surface area contributed by atoms with Crippen molar-refractivity contribution in [3.63, 3.8) is 0 Å². The molecule has 4 aromatic rings. The largest absolute Gasteiger partial charge is 0.379 e. The molecule has 0 saturated carbocycles. The molecule has 9 heteroatoms. The van der Waals surface area contributed by atoms with Crippen LogP contribution in [-0.4, -0.2) is 58.4 Å². The molecule has 182 valence electrons. The molecule has 2 aromatic carbocycles. The van der Waals surface area contributed by atoms with Crippen LogP contribution in [0, 0.1) is 5.82 Å². The first-order chi connectivity index (χ1) is 17.1. The summed E-state index contributed by atoms with van der Waals surface area (Å²) >= 11 is 0. The predicted molar refractivity (Wildman–Crippen MR) is 130 cm³/mol. The van der Waals surface area contributed by atoms with Gasteiger partial charge in [0, 0.05) is 67.4 Å². The van der Waals surface area contributed by atoms with Crippen LogP contribution in [0.15, 0.2) is 59.3 Å². The maximum Gasteiger partial charge on any atom is 0.226 e. The van der Waals surface area contributed by atoms with Gasteiger partial charge in [0.05, 0.1) is 13.2 Å². The normalized spacial score (nSPS) is 14.4. The Morgan fingerprint density at radius 2 is 1.89 bits per heavy atom. The van der Waals surface area contributed by atoms with Crippen LogP contribution >= 0.6 is 0 Å². The summed E-state index contributed by atoms with van der Waals surface area (Å²) in [4.78, 5) is 19.2. The van der Waals surface area contributed by atoms with Crippen LogP contribution < -0.4 is 5.32 Å². The molecule has 0 aliphatic carbocycles. The third-order valence-electron chi connectivity index (χ3n) is 6.18. The van der Waals surface area contributed by atoms with E-state index in [0.717, 1.165) is 56.0 Å². The second-order valence-electron chi connectivity index (χ2n) is 8.66. The van der Waals surface area contributed by atoms with E-state index in [9.17, 15) is 9.18 Å². The number of benzene rings is 2. The van der Waals surface area contributed by atoms with Crippen molar-refractivity contribution >= 4 is 22.5 Å². The number of aryl methyl sites for hydroxylation is 1. The number of rotatable bonds is 9. The highest BCUT2D eigenvalue weighted by molar-refractivity contribution is 5.93. The van der Waals surface area contributed by atoms with Gasteiger partial charge in [-0.3, -0.25) is 9.69 Å². The number of ether oxygens (including phenoxy) is 1. The van der Waals surface area contributed by atoms with Crippen LogP contribution in [0.3, 0.4) is 0 Å². The molecular formula is C26H28FN5O3. The zero-order valence-corrected chi connectivity index (χ0v) is 19.5. The molecule has 5 rings (SSSR count). The summed E-state index contributed by atoms with van der Waals surface area (Å²) < 4.78 is 26.0. The van der Waals surface area contributed by atoms with Crippen molar-refractivity contribution in [2.45, 2.75) is 25.8 Å². The van der Waals surface area contributed by atoms with E-state index in [4.69, 9.17) is 9.26 Å². The predicted octanol–water partition coefficient (Wildman–Crippen LogP) is 4.12. The molecule has 0 spiro atoms. The minimum Gasteiger partial charge on any atom is -0.379 e. The molecule has 1 N–H and O–H groups in total. The number of hydrogen-bond donors (Lipinski definition) is 1. The monoisotopic (exact) mass is 477 g/mol. The number of halogens is 1. The highest BCUT2D eigenvalue weighted by atomic mass is 19.1. The summed E-state index contributed by atoms with van der Waals surface area (Å²) in [6.07, 6.45) is 3.51. The summed E-state index contributed by atoms with van der Waals surface area (Å²) in [5.74, 6) is 0.491. The first kappa shape index (κ1) is 23.2. The Balaban J connectivity index is 1.10. The number of nitrogens with one attached hydrogen (secondary N) is 1. The van der Waals surface area contributed by atoms with E-state index < -0.39 is 0 Å².